The number of carbonyl (C=O) groups is 1. The molecular weight excluding hydrogens is 350 g/mol. The maximum Gasteiger partial charge on any atom is 0.410 e. The van der Waals surface area contributed by atoms with Crippen LogP contribution in [-0.4, -0.2) is 49.1 Å². The van der Waals surface area contributed by atoms with Gasteiger partial charge in [0.25, 0.3) is 5.69 Å². The highest BCUT2D eigenvalue weighted by Gasteiger charge is 2.29. The molecule has 138 valence electrons. The van der Waals surface area contributed by atoms with Crippen molar-refractivity contribution in [2.75, 3.05) is 13.1 Å². The van der Waals surface area contributed by atoms with Crippen LogP contribution in [-0.2, 0) is 15.2 Å². The molecule has 1 aliphatic heterocycles. The van der Waals surface area contributed by atoms with Gasteiger partial charge in [-0.2, -0.15) is 12.8 Å². The van der Waals surface area contributed by atoms with Crippen LogP contribution in [0.5, 0.6) is 0 Å². The first kappa shape index (κ1) is 20.6. The predicted molar refractivity (Wildman–Crippen MR) is 90.7 cm³/mol. The lowest BCUT2D eigenvalue weighted by Gasteiger charge is -2.24. The Bertz CT molecular complexity index is 719. The first-order valence-corrected chi connectivity index (χ1v) is 8.59. The molecule has 1 fully saturated rings. The molecule has 25 heavy (non-hydrogen) atoms. The van der Waals surface area contributed by atoms with Crippen LogP contribution >= 0.6 is 0 Å². The van der Waals surface area contributed by atoms with E-state index >= 15 is 0 Å². The van der Waals surface area contributed by atoms with Gasteiger partial charge < -0.3 is 9.64 Å². The average molecular weight is 371 g/mol. The highest BCUT2D eigenvalue weighted by molar-refractivity contribution is 7.61. The molecule has 1 heterocycles. The maximum absolute atomic E-state index is 11.6. The van der Waals surface area contributed by atoms with Crippen LogP contribution in [0.2, 0.25) is 0 Å². The van der Waals surface area contributed by atoms with Gasteiger partial charge in [-0.3, -0.25) is 10.1 Å². The SMILES string of the molecule is CC(C)(C)OC(=O)N1CC[C@H](N=S(=O)=O)C1.O=[N+]([O-])c1ccccc1. The van der Waals surface area contributed by atoms with Crippen molar-refractivity contribution in [2.24, 2.45) is 4.36 Å². The van der Waals surface area contributed by atoms with Gasteiger partial charge >= 0.3 is 16.6 Å². The van der Waals surface area contributed by atoms with E-state index in [0.717, 1.165) is 0 Å². The van der Waals surface area contributed by atoms with Crippen molar-refractivity contribution in [1.82, 2.24) is 4.90 Å². The zero-order chi connectivity index (χ0) is 19.0. The van der Waals surface area contributed by atoms with E-state index in [0.29, 0.717) is 19.5 Å². The average Bonchev–Trinajstić information content (AvgIpc) is 2.95. The molecule has 1 saturated heterocycles. The number of ether oxygens (including phenoxy) is 1. The van der Waals surface area contributed by atoms with Crippen molar-refractivity contribution < 1.29 is 22.9 Å². The molecule has 1 aromatic carbocycles. The standard InChI is InChI=1S/C9H16N2O4S.C6H5NO2/c1-9(2,3)15-8(12)11-5-4-7(6-11)10-16(13)14;8-7(9)6-4-2-1-3-5-6/h7H,4-6H2,1-3H3;1-5H/t7-;/m0./s1. The minimum Gasteiger partial charge on any atom is -0.444 e. The summed E-state index contributed by atoms with van der Waals surface area (Å²) in [7, 11) is -2.41. The van der Waals surface area contributed by atoms with Crippen molar-refractivity contribution in [3.05, 3.63) is 40.4 Å². The van der Waals surface area contributed by atoms with Crippen molar-refractivity contribution in [2.45, 2.75) is 38.8 Å². The fraction of sp³-hybridized carbons (Fsp3) is 0.533. The normalized spacial score (nSPS) is 16.4. The highest BCUT2D eigenvalue weighted by atomic mass is 32.2. The van der Waals surface area contributed by atoms with Crippen molar-refractivity contribution in [1.29, 1.82) is 0 Å². The van der Waals surface area contributed by atoms with Crippen LogP contribution in [0.15, 0.2) is 34.7 Å². The summed E-state index contributed by atoms with van der Waals surface area (Å²) >= 11 is 0. The molecule has 0 aliphatic carbocycles. The van der Waals surface area contributed by atoms with Gasteiger partial charge in [-0.15, -0.1) is 0 Å². The van der Waals surface area contributed by atoms with Crippen LogP contribution in [0, 0.1) is 10.1 Å². The molecule has 0 bridgehead atoms. The lowest BCUT2D eigenvalue weighted by molar-refractivity contribution is -0.384. The maximum atomic E-state index is 11.6. The van der Waals surface area contributed by atoms with Crippen LogP contribution in [0.4, 0.5) is 10.5 Å². The molecule has 1 aliphatic rings. The van der Waals surface area contributed by atoms with Crippen LogP contribution in [0.1, 0.15) is 27.2 Å². The van der Waals surface area contributed by atoms with Gasteiger partial charge in [-0.25, -0.2) is 4.79 Å². The first-order chi connectivity index (χ1) is 11.6. The molecule has 1 atom stereocenters. The Morgan fingerprint density at radius 3 is 2.36 bits per heavy atom. The topological polar surface area (TPSA) is 119 Å². The predicted octanol–water partition coefficient (Wildman–Crippen LogP) is 2.65. The van der Waals surface area contributed by atoms with Gasteiger partial charge in [0, 0.05) is 25.2 Å². The quantitative estimate of drug-likeness (QED) is 0.582. The third-order valence-corrected chi connectivity index (χ3v) is 3.49. The number of carbonyl (C=O) groups excluding carboxylic acids is 1. The van der Waals surface area contributed by atoms with E-state index in [1.54, 1.807) is 39.0 Å². The number of hydrogen-bond donors (Lipinski definition) is 0. The molecule has 0 spiro atoms. The molecule has 0 saturated carbocycles. The largest absolute Gasteiger partial charge is 0.444 e. The van der Waals surface area contributed by atoms with Crippen LogP contribution < -0.4 is 0 Å². The second kappa shape index (κ2) is 9.11. The van der Waals surface area contributed by atoms with Gasteiger partial charge in [0.05, 0.1) is 11.0 Å². The summed E-state index contributed by atoms with van der Waals surface area (Å²) < 4.78 is 29.4. The molecule has 10 heteroatoms. The molecule has 0 aromatic heterocycles. The van der Waals surface area contributed by atoms with Gasteiger partial charge in [-0.05, 0) is 27.2 Å². The Hall–Kier alpha value is -2.49. The lowest BCUT2D eigenvalue weighted by atomic mass is 10.2. The van der Waals surface area contributed by atoms with Crippen molar-refractivity contribution >= 4 is 22.3 Å². The molecule has 1 aromatic rings. The van der Waals surface area contributed by atoms with E-state index in [9.17, 15) is 23.3 Å². The number of likely N-dealkylation sites (tertiary alicyclic amines) is 1. The lowest BCUT2D eigenvalue weighted by Crippen LogP contribution is -2.35. The van der Waals surface area contributed by atoms with E-state index in [1.165, 1.54) is 17.0 Å². The molecule has 1 amide bonds. The fourth-order valence-corrected chi connectivity index (χ4v) is 2.41. The summed E-state index contributed by atoms with van der Waals surface area (Å²) in [6, 6.07) is 7.61. The summed E-state index contributed by atoms with van der Waals surface area (Å²) in [5, 5.41) is 10.0. The summed E-state index contributed by atoms with van der Waals surface area (Å²) in [6.07, 6.45) is 0.148. The van der Waals surface area contributed by atoms with Gasteiger partial charge in [-0.1, -0.05) is 18.2 Å². The molecular formula is C15H21N3O6S. The number of rotatable bonds is 2. The molecule has 0 radical (unpaired) electrons. The Morgan fingerprint density at radius 2 is 1.92 bits per heavy atom. The van der Waals surface area contributed by atoms with E-state index in [4.69, 9.17) is 4.74 Å². The number of para-hydroxylation sites is 1. The van der Waals surface area contributed by atoms with E-state index in [-0.39, 0.29) is 11.7 Å². The smallest absolute Gasteiger partial charge is 0.410 e. The summed E-state index contributed by atoms with van der Waals surface area (Å²) in [6.45, 7) is 6.16. The molecule has 0 N–H and O–H groups in total. The number of amides is 1. The zero-order valence-electron chi connectivity index (χ0n) is 14.3. The fourth-order valence-electron chi connectivity index (χ4n) is 1.99. The molecule has 9 nitrogen and oxygen atoms in total. The summed E-state index contributed by atoms with van der Waals surface area (Å²) in [5.41, 5.74) is -0.397. The van der Waals surface area contributed by atoms with Crippen molar-refractivity contribution in [3.8, 4) is 0 Å². The Balaban J connectivity index is 0.000000293. The first-order valence-electron chi connectivity index (χ1n) is 7.56. The third-order valence-electron chi connectivity index (χ3n) is 3.02. The monoisotopic (exact) mass is 371 g/mol. The van der Waals surface area contributed by atoms with Crippen molar-refractivity contribution in [3.63, 3.8) is 0 Å². The number of nitrogens with zero attached hydrogens (tertiary/aromatic N) is 3. The number of hydrogen-bond acceptors (Lipinski definition) is 7. The Kier molecular flexibility index (Phi) is 7.49. The number of nitro benzene ring substituents is 1. The number of benzene rings is 1. The highest BCUT2D eigenvalue weighted by Crippen LogP contribution is 2.16. The minimum absolute atomic E-state index is 0.137. The Morgan fingerprint density at radius 1 is 1.32 bits per heavy atom. The number of nitro groups is 1. The summed E-state index contributed by atoms with van der Waals surface area (Å²) in [4.78, 5) is 22.7. The van der Waals surface area contributed by atoms with Crippen LogP contribution in [0.3, 0.4) is 0 Å². The Labute approximate surface area is 147 Å². The van der Waals surface area contributed by atoms with Crippen LogP contribution in [0.25, 0.3) is 0 Å². The number of non-ortho nitro benzene ring substituents is 1. The second-order valence-corrected chi connectivity index (χ2v) is 6.93. The zero-order valence-corrected chi connectivity index (χ0v) is 15.1. The van der Waals surface area contributed by atoms with Gasteiger partial charge in [0.2, 0.25) is 0 Å². The van der Waals surface area contributed by atoms with E-state index in [2.05, 4.69) is 4.36 Å². The van der Waals surface area contributed by atoms with Gasteiger partial charge in [0.15, 0.2) is 0 Å². The second-order valence-electron chi connectivity index (χ2n) is 6.28. The van der Waals surface area contributed by atoms with E-state index < -0.39 is 27.1 Å². The molecule has 2 rings (SSSR count). The van der Waals surface area contributed by atoms with E-state index in [1.807, 2.05) is 0 Å². The summed E-state index contributed by atoms with van der Waals surface area (Å²) in [5.74, 6) is 0. The third kappa shape index (κ3) is 8.25. The molecule has 0 unspecified atom stereocenters. The van der Waals surface area contributed by atoms with Gasteiger partial charge in [0.1, 0.15) is 5.60 Å². The minimum atomic E-state index is -2.41.